The molecule has 0 aromatic heterocycles. The van der Waals surface area contributed by atoms with E-state index in [1.165, 1.54) is 25.6 Å². The van der Waals surface area contributed by atoms with Gasteiger partial charge in [-0.05, 0) is 61.4 Å². The van der Waals surface area contributed by atoms with Crippen molar-refractivity contribution >= 4 is 15.7 Å². The summed E-state index contributed by atoms with van der Waals surface area (Å²) in [5.41, 5.74) is 2.73. The van der Waals surface area contributed by atoms with Gasteiger partial charge in [-0.1, -0.05) is 30.3 Å². The Morgan fingerprint density at radius 3 is 1.74 bits per heavy atom. The summed E-state index contributed by atoms with van der Waals surface area (Å²) in [6, 6.07) is 20.1. The minimum atomic E-state index is -3.78. The van der Waals surface area contributed by atoms with Crippen LogP contribution in [0.4, 0.5) is 5.69 Å². The highest BCUT2D eigenvalue weighted by molar-refractivity contribution is 7.89. The third-order valence-electron chi connectivity index (χ3n) is 5.89. The number of hydrogen-bond acceptors (Lipinski definition) is 6. The maximum atomic E-state index is 13.7. The molecule has 0 atom stereocenters. The van der Waals surface area contributed by atoms with Gasteiger partial charge in [-0.3, -0.25) is 0 Å². The van der Waals surface area contributed by atoms with Crippen molar-refractivity contribution in [2.75, 3.05) is 39.3 Å². The first-order valence-electron chi connectivity index (χ1n) is 11.6. The number of sulfonamides is 1. The van der Waals surface area contributed by atoms with Gasteiger partial charge in [-0.2, -0.15) is 4.31 Å². The molecule has 35 heavy (non-hydrogen) atoms. The maximum Gasteiger partial charge on any atom is 0.243 e. The first kappa shape index (κ1) is 26.4. The van der Waals surface area contributed by atoms with Crippen molar-refractivity contribution in [2.24, 2.45) is 0 Å². The van der Waals surface area contributed by atoms with Gasteiger partial charge in [0.2, 0.25) is 15.8 Å². The van der Waals surface area contributed by atoms with Crippen molar-refractivity contribution in [1.82, 2.24) is 4.31 Å². The highest BCUT2D eigenvalue weighted by atomic mass is 32.2. The van der Waals surface area contributed by atoms with Crippen LogP contribution in [0, 0.1) is 0 Å². The molecule has 3 aromatic rings. The lowest BCUT2D eigenvalue weighted by molar-refractivity contribution is 0.322. The predicted octanol–water partition coefficient (Wildman–Crippen LogP) is 4.95. The van der Waals surface area contributed by atoms with Gasteiger partial charge in [0.25, 0.3) is 0 Å². The third-order valence-corrected chi connectivity index (χ3v) is 7.69. The minimum absolute atomic E-state index is 0.131. The number of rotatable bonds is 12. The second-order valence-electron chi connectivity index (χ2n) is 7.96. The number of anilines is 1. The molecule has 0 spiro atoms. The molecule has 0 unspecified atom stereocenters. The Bertz CT molecular complexity index is 1170. The zero-order chi connectivity index (χ0) is 25.4. The molecule has 3 rings (SSSR count). The fraction of sp³-hybridized carbons (Fsp3) is 0.333. The monoisotopic (exact) mass is 498 g/mol. The Labute approximate surface area is 208 Å². The quantitative estimate of drug-likeness (QED) is 0.352. The Morgan fingerprint density at radius 1 is 0.714 bits per heavy atom. The van der Waals surface area contributed by atoms with Gasteiger partial charge in [0.05, 0.1) is 26.2 Å². The van der Waals surface area contributed by atoms with Crippen molar-refractivity contribution < 1.29 is 22.6 Å². The van der Waals surface area contributed by atoms with Crippen LogP contribution in [0.5, 0.6) is 17.2 Å². The van der Waals surface area contributed by atoms with E-state index in [4.69, 9.17) is 14.2 Å². The van der Waals surface area contributed by atoms with E-state index in [0.717, 1.165) is 29.9 Å². The molecule has 0 bridgehead atoms. The number of benzene rings is 3. The summed E-state index contributed by atoms with van der Waals surface area (Å²) in [7, 11) is 0.835. The fourth-order valence-corrected chi connectivity index (χ4v) is 5.44. The van der Waals surface area contributed by atoms with E-state index in [-0.39, 0.29) is 18.0 Å². The van der Waals surface area contributed by atoms with Gasteiger partial charge in [0.1, 0.15) is 0 Å². The number of methoxy groups -OCH3 is 3. The summed E-state index contributed by atoms with van der Waals surface area (Å²) in [6.07, 6.45) is 0. The number of nitrogens with zero attached hydrogens (tertiary/aromatic N) is 2. The summed E-state index contributed by atoms with van der Waals surface area (Å²) < 4.78 is 45.2. The normalized spacial score (nSPS) is 11.4. The van der Waals surface area contributed by atoms with E-state index < -0.39 is 10.0 Å². The van der Waals surface area contributed by atoms with Crippen LogP contribution in [-0.2, 0) is 23.1 Å². The van der Waals surface area contributed by atoms with Crippen molar-refractivity contribution in [1.29, 1.82) is 0 Å². The molecule has 0 aliphatic carbocycles. The second-order valence-corrected chi connectivity index (χ2v) is 9.90. The summed E-state index contributed by atoms with van der Waals surface area (Å²) in [4.78, 5) is 2.49. The summed E-state index contributed by atoms with van der Waals surface area (Å²) in [5, 5.41) is 0. The van der Waals surface area contributed by atoms with E-state index in [9.17, 15) is 8.42 Å². The maximum absolute atomic E-state index is 13.7. The zero-order valence-electron chi connectivity index (χ0n) is 21.0. The van der Waals surface area contributed by atoms with E-state index in [1.807, 2.05) is 24.3 Å². The lowest BCUT2D eigenvalue weighted by Gasteiger charge is -2.24. The van der Waals surface area contributed by atoms with Crippen LogP contribution < -0.4 is 19.1 Å². The predicted molar refractivity (Wildman–Crippen MR) is 139 cm³/mol. The number of ether oxygens (including phenoxy) is 3. The highest BCUT2D eigenvalue weighted by Crippen LogP contribution is 2.39. The molecule has 0 radical (unpaired) electrons. The van der Waals surface area contributed by atoms with Crippen LogP contribution in [0.3, 0.4) is 0 Å². The standard InChI is InChI=1S/C27H34N2O5S/c1-6-28(7-2)23-15-13-21(14-16-23)19-29(35(30,31)24-11-9-8-10-12-24)20-22-17-25(32-3)27(34-5)26(18-22)33-4/h8-18H,6-7,19-20H2,1-5H3. The second kappa shape index (κ2) is 12.0. The summed E-state index contributed by atoms with van der Waals surface area (Å²) in [6.45, 7) is 6.39. The van der Waals surface area contributed by atoms with Crippen molar-refractivity contribution in [2.45, 2.75) is 31.8 Å². The van der Waals surface area contributed by atoms with E-state index >= 15 is 0 Å². The summed E-state index contributed by atoms with van der Waals surface area (Å²) >= 11 is 0. The van der Waals surface area contributed by atoms with Crippen molar-refractivity contribution in [3.05, 3.63) is 77.9 Å². The lowest BCUT2D eigenvalue weighted by Crippen LogP contribution is -2.30. The van der Waals surface area contributed by atoms with Crippen LogP contribution in [0.1, 0.15) is 25.0 Å². The molecular weight excluding hydrogens is 464 g/mol. The van der Waals surface area contributed by atoms with Crippen LogP contribution in [0.25, 0.3) is 0 Å². The van der Waals surface area contributed by atoms with Crippen LogP contribution in [0.15, 0.2) is 71.6 Å². The average Bonchev–Trinajstić information content (AvgIpc) is 2.89. The summed E-state index contributed by atoms with van der Waals surface area (Å²) in [5.74, 6) is 1.41. The molecule has 8 heteroatoms. The van der Waals surface area contributed by atoms with Gasteiger partial charge in [-0.25, -0.2) is 8.42 Å². The molecule has 0 saturated heterocycles. The van der Waals surface area contributed by atoms with Gasteiger partial charge in [0.15, 0.2) is 11.5 Å². The average molecular weight is 499 g/mol. The largest absolute Gasteiger partial charge is 0.493 e. The smallest absolute Gasteiger partial charge is 0.243 e. The Kier molecular flexibility index (Phi) is 9.01. The Morgan fingerprint density at radius 2 is 1.26 bits per heavy atom. The van der Waals surface area contributed by atoms with Gasteiger partial charge < -0.3 is 19.1 Å². The molecule has 0 aliphatic rings. The minimum Gasteiger partial charge on any atom is -0.493 e. The van der Waals surface area contributed by atoms with Gasteiger partial charge in [0, 0.05) is 31.9 Å². The third kappa shape index (κ3) is 6.07. The van der Waals surface area contributed by atoms with Gasteiger partial charge >= 0.3 is 0 Å². The molecular formula is C27H34N2O5S. The van der Waals surface area contributed by atoms with E-state index in [1.54, 1.807) is 42.5 Å². The molecule has 7 nitrogen and oxygen atoms in total. The lowest BCUT2D eigenvalue weighted by atomic mass is 10.1. The molecule has 0 fully saturated rings. The molecule has 0 N–H and O–H groups in total. The first-order valence-corrected chi connectivity index (χ1v) is 13.0. The molecule has 188 valence electrons. The van der Waals surface area contributed by atoms with Crippen LogP contribution in [-0.4, -0.2) is 47.1 Å². The molecule has 0 saturated carbocycles. The van der Waals surface area contributed by atoms with Crippen molar-refractivity contribution in [3.8, 4) is 17.2 Å². The topological polar surface area (TPSA) is 68.3 Å². The van der Waals surface area contributed by atoms with Crippen LogP contribution >= 0.6 is 0 Å². The van der Waals surface area contributed by atoms with Crippen molar-refractivity contribution in [3.63, 3.8) is 0 Å². The van der Waals surface area contributed by atoms with Crippen LogP contribution in [0.2, 0.25) is 0 Å². The first-order chi connectivity index (χ1) is 16.9. The SMILES string of the molecule is CCN(CC)c1ccc(CN(Cc2cc(OC)c(OC)c(OC)c2)S(=O)(=O)c2ccccc2)cc1. The highest BCUT2D eigenvalue weighted by Gasteiger charge is 2.26. The molecule has 3 aromatic carbocycles. The van der Waals surface area contributed by atoms with Gasteiger partial charge in [-0.15, -0.1) is 0 Å². The van der Waals surface area contributed by atoms with E-state index in [2.05, 4.69) is 18.7 Å². The molecule has 0 aliphatic heterocycles. The number of hydrogen-bond donors (Lipinski definition) is 0. The Balaban J connectivity index is 2.00. The molecule has 0 amide bonds. The Hall–Kier alpha value is -3.23. The molecule has 0 heterocycles. The van der Waals surface area contributed by atoms with E-state index in [0.29, 0.717) is 17.2 Å². The zero-order valence-corrected chi connectivity index (χ0v) is 21.8. The fourth-order valence-electron chi connectivity index (χ4n) is 4.00.